The first-order chi connectivity index (χ1) is 23.0. The molecule has 3 aliphatic rings. The predicted molar refractivity (Wildman–Crippen MR) is 184 cm³/mol. The number of carbonyl (C=O) groups is 4. The molecular formula is C39H49FN2O7. The van der Waals surface area contributed by atoms with Gasteiger partial charge in [0.2, 0.25) is 0 Å². The van der Waals surface area contributed by atoms with Crippen molar-refractivity contribution in [2.45, 2.75) is 96.7 Å². The van der Waals surface area contributed by atoms with Gasteiger partial charge in [0.15, 0.2) is 5.78 Å². The van der Waals surface area contributed by atoms with Gasteiger partial charge in [0, 0.05) is 47.3 Å². The molecule has 2 unspecified atom stereocenters. The van der Waals surface area contributed by atoms with Crippen LogP contribution in [0.3, 0.4) is 0 Å². The van der Waals surface area contributed by atoms with Gasteiger partial charge in [-0.15, -0.1) is 6.58 Å². The molecular weight excluding hydrogens is 627 g/mol. The summed E-state index contributed by atoms with van der Waals surface area (Å²) >= 11 is 0. The second-order valence-electron chi connectivity index (χ2n) is 15.3. The minimum absolute atomic E-state index is 0.0617. The van der Waals surface area contributed by atoms with Gasteiger partial charge in [-0.2, -0.15) is 0 Å². The lowest BCUT2D eigenvalue weighted by atomic mass is 9.64. The maximum absolute atomic E-state index is 16.1. The molecule has 1 aromatic heterocycles. The zero-order valence-electron chi connectivity index (χ0n) is 29.7. The van der Waals surface area contributed by atoms with Crippen molar-refractivity contribution in [2.75, 3.05) is 19.8 Å². The molecule has 1 aromatic carbocycles. The second-order valence-corrected chi connectivity index (χ2v) is 15.3. The number of para-hydroxylation sites is 1. The number of likely N-dealkylation sites (tertiary alicyclic amines) is 1. The first-order valence-electron chi connectivity index (χ1n) is 17.2. The summed E-state index contributed by atoms with van der Waals surface area (Å²) in [5.74, 6) is -5.11. The van der Waals surface area contributed by atoms with E-state index in [9.17, 15) is 19.2 Å². The largest absolute Gasteiger partial charge is 0.459 e. The lowest BCUT2D eigenvalue weighted by Crippen LogP contribution is -2.53. The predicted octanol–water partition coefficient (Wildman–Crippen LogP) is 6.09. The Hall–Kier alpha value is -3.76. The lowest BCUT2D eigenvalue weighted by molar-refractivity contribution is -0.178. The third-order valence-corrected chi connectivity index (χ3v) is 10.9. The number of hydrogen-bond donors (Lipinski definition) is 0. The molecule has 3 aliphatic heterocycles. The average Bonchev–Trinajstić information content (AvgIpc) is 3.53. The van der Waals surface area contributed by atoms with Crippen LogP contribution in [-0.2, 0) is 33.4 Å². The van der Waals surface area contributed by atoms with Crippen LogP contribution in [0.1, 0.15) is 73.3 Å². The monoisotopic (exact) mass is 676 g/mol. The number of ketones is 2. The van der Waals surface area contributed by atoms with E-state index in [1.165, 1.54) is 0 Å². The summed E-state index contributed by atoms with van der Waals surface area (Å²) in [6, 6.07) is 8.93. The SMILES string of the molecule is C=CCC(C)N1C[C@@]2(C)C(=O)[C@H](C)C[C@@](C)(OCC=Cc3cnc4ccccc4c3)C[C@@H](C)C(=O)[C@@](C)(F)C(=O)OC[C@@]3(C)OC(=O)[C@H]1C32. The molecule has 2 aromatic rings. The summed E-state index contributed by atoms with van der Waals surface area (Å²) in [6.45, 7) is 15.4. The molecule has 10 heteroatoms. The molecule has 0 bridgehead atoms. The number of esters is 2. The van der Waals surface area contributed by atoms with Crippen molar-refractivity contribution in [3.8, 4) is 0 Å². The first-order valence-corrected chi connectivity index (χ1v) is 17.2. The van der Waals surface area contributed by atoms with Crippen molar-refractivity contribution in [1.29, 1.82) is 0 Å². The summed E-state index contributed by atoms with van der Waals surface area (Å²) < 4.78 is 33.9. The Morgan fingerprint density at radius 1 is 1.08 bits per heavy atom. The number of hydrogen-bond acceptors (Lipinski definition) is 9. The number of fused-ring (bicyclic) bond motifs is 1. The maximum atomic E-state index is 16.1. The van der Waals surface area contributed by atoms with E-state index >= 15 is 4.39 Å². The third-order valence-electron chi connectivity index (χ3n) is 10.9. The van der Waals surface area contributed by atoms with E-state index in [4.69, 9.17) is 14.2 Å². The molecule has 0 aliphatic carbocycles. The van der Waals surface area contributed by atoms with Gasteiger partial charge in [-0.05, 0) is 64.7 Å². The third kappa shape index (κ3) is 6.86. The van der Waals surface area contributed by atoms with Gasteiger partial charge in [-0.1, -0.05) is 57.2 Å². The normalized spacial score (nSPS) is 36.7. The van der Waals surface area contributed by atoms with E-state index in [-0.39, 0.29) is 37.8 Å². The van der Waals surface area contributed by atoms with Crippen molar-refractivity contribution in [2.24, 2.45) is 23.2 Å². The molecule has 9 nitrogen and oxygen atoms in total. The van der Waals surface area contributed by atoms with Crippen LogP contribution in [0.15, 0.2) is 55.3 Å². The number of nitrogens with zero attached hydrogens (tertiary/aromatic N) is 2. The van der Waals surface area contributed by atoms with Crippen LogP contribution in [0.4, 0.5) is 4.39 Å². The van der Waals surface area contributed by atoms with Gasteiger partial charge in [-0.25, -0.2) is 9.18 Å². The Morgan fingerprint density at radius 2 is 1.76 bits per heavy atom. The fourth-order valence-electron chi connectivity index (χ4n) is 8.67. The summed E-state index contributed by atoms with van der Waals surface area (Å²) in [4.78, 5) is 61.4. The van der Waals surface area contributed by atoms with Crippen LogP contribution in [0, 0.1) is 23.2 Å². The Labute approximate surface area is 288 Å². The first kappa shape index (κ1) is 36.5. The molecule has 0 N–H and O–H groups in total. The molecule has 0 spiro atoms. The number of aromatic nitrogens is 1. The van der Waals surface area contributed by atoms with E-state index in [0.29, 0.717) is 6.42 Å². The van der Waals surface area contributed by atoms with Crippen LogP contribution >= 0.6 is 0 Å². The highest BCUT2D eigenvalue weighted by molar-refractivity contribution is 6.07. The van der Waals surface area contributed by atoms with Gasteiger partial charge >= 0.3 is 11.9 Å². The van der Waals surface area contributed by atoms with Crippen LogP contribution in [0.2, 0.25) is 0 Å². The molecule has 264 valence electrons. The number of cyclic esters (lactones) is 1. The molecule has 4 heterocycles. The van der Waals surface area contributed by atoms with Gasteiger partial charge in [0.25, 0.3) is 5.67 Å². The van der Waals surface area contributed by atoms with Gasteiger partial charge in [-0.3, -0.25) is 24.3 Å². The molecule has 49 heavy (non-hydrogen) atoms. The number of rotatable bonds is 7. The Morgan fingerprint density at radius 3 is 2.45 bits per heavy atom. The van der Waals surface area contributed by atoms with Crippen LogP contribution in [-0.4, -0.2) is 82.1 Å². The van der Waals surface area contributed by atoms with Crippen LogP contribution in [0.25, 0.3) is 17.0 Å². The van der Waals surface area contributed by atoms with Gasteiger partial charge < -0.3 is 14.2 Å². The molecule has 9 atom stereocenters. The Kier molecular flexibility index (Phi) is 10.1. The maximum Gasteiger partial charge on any atom is 0.351 e. The van der Waals surface area contributed by atoms with Gasteiger partial charge in [0.05, 0.1) is 17.7 Å². The van der Waals surface area contributed by atoms with E-state index in [2.05, 4.69) is 11.6 Å². The number of halogens is 1. The molecule has 0 amide bonds. The van der Waals surface area contributed by atoms with E-state index in [0.717, 1.165) is 23.4 Å². The van der Waals surface area contributed by atoms with E-state index in [1.807, 2.05) is 75.1 Å². The highest BCUT2D eigenvalue weighted by Crippen LogP contribution is 2.55. The van der Waals surface area contributed by atoms with Crippen LogP contribution < -0.4 is 0 Å². The molecule has 3 fully saturated rings. The topological polar surface area (TPSA) is 112 Å². The average molecular weight is 677 g/mol. The number of Topliss-reactive ketones (excluding diaryl/α,β-unsaturated/α-hetero) is 2. The number of ether oxygens (including phenoxy) is 3. The summed E-state index contributed by atoms with van der Waals surface area (Å²) in [5.41, 5.74) is -4.75. The number of pyridine rings is 1. The number of carbonyl (C=O) groups excluding carboxylic acids is 4. The fourth-order valence-corrected chi connectivity index (χ4v) is 8.67. The zero-order chi connectivity index (χ0) is 35.9. The minimum Gasteiger partial charge on any atom is -0.459 e. The van der Waals surface area contributed by atoms with Gasteiger partial charge in [0.1, 0.15) is 24.0 Å². The van der Waals surface area contributed by atoms with E-state index < -0.39 is 70.4 Å². The molecule has 5 rings (SSSR count). The lowest BCUT2D eigenvalue weighted by Gasteiger charge is -2.41. The summed E-state index contributed by atoms with van der Waals surface area (Å²) in [5, 5.41) is 1.00. The van der Waals surface area contributed by atoms with Crippen molar-refractivity contribution in [1.82, 2.24) is 9.88 Å². The quantitative estimate of drug-likeness (QED) is 0.196. The highest BCUT2D eigenvalue weighted by atomic mass is 19.1. The smallest absolute Gasteiger partial charge is 0.351 e. The second kappa shape index (κ2) is 13.5. The standard InChI is InChI=1S/C39H49FN2O7/c1-9-13-26(4)42-22-37(6)31-30(42)34(45)49-38(31,7)23-47-35(46)39(8,40)33(44)25(3)20-36(5,19-24(2)32(37)43)48-17-12-14-27-18-28-15-10-11-16-29(28)41-21-27/h9-12,14-16,18,21,24-26,30-31H,1,13,17,19-20,22-23H2,2-8H3/t24-,25-,26?,30-,31?,36-,37-,38-,39-/m1/s1. The summed E-state index contributed by atoms with van der Waals surface area (Å²) in [7, 11) is 0. The van der Waals surface area contributed by atoms with Crippen molar-refractivity contribution >= 4 is 40.5 Å². The summed E-state index contributed by atoms with van der Waals surface area (Å²) in [6.07, 6.45) is 8.13. The molecule has 3 saturated heterocycles. The minimum atomic E-state index is -2.95. The van der Waals surface area contributed by atoms with Crippen LogP contribution in [0.5, 0.6) is 0 Å². The fraction of sp³-hybridized carbons (Fsp3) is 0.564. The highest BCUT2D eigenvalue weighted by Gasteiger charge is 2.69. The van der Waals surface area contributed by atoms with Crippen molar-refractivity contribution in [3.63, 3.8) is 0 Å². The zero-order valence-corrected chi connectivity index (χ0v) is 29.7. The number of alkyl halides is 1. The Balaban J connectivity index is 1.48. The Bertz CT molecular complexity index is 1670. The van der Waals surface area contributed by atoms with E-state index in [1.54, 1.807) is 26.1 Å². The molecule has 0 saturated carbocycles. The number of benzene rings is 1. The molecule has 0 radical (unpaired) electrons. The van der Waals surface area contributed by atoms with Crippen molar-refractivity contribution < 1.29 is 37.8 Å². The van der Waals surface area contributed by atoms with Crippen molar-refractivity contribution in [3.05, 3.63) is 60.8 Å².